The van der Waals surface area contributed by atoms with Crippen LogP contribution in [0.2, 0.25) is 0 Å². The van der Waals surface area contributed by atoms with Crippen LogP contribution in [0.15, 0.2) is 53.7 Å². The SMILES string of the molecule is Cc1nc2cnc3c(ccn3S(=O)(=O)c3ccccc3)c2n1C1CCC(C(N)CN)CC1. The normalized spacial score (nSPS) is 20.7. The highest BCUT2D eigenvalue weighted by atomic mass is 32.2. The Labute approximate surface area is 187 Å². The van der Waals surface area contributed by atoms with Gasteiger partial charge in [0.25, 0.3) is 10.0 Å². The second-order valence-electron chi connectivity index (χ2n) is 8.66. The first-order valence-electron chi connectivity index (χ1n) is 11.0. The number of rotatable bonds is 5. The van der Waals surface area contributed by atoms with Gasteiger partial charge in [0, 0.05) is 30.2 Å². The fraction of sp³-hybridized carbons (Fsp3) is 0.391. The predicted octanol–water partition coefficient (Wildman–Crippen LogP) is 2.95. The van der Waals surface area contributed by atoms with Crippen LogP contribution in [0.4, 0.5) is 0 Å². The van der Waals surface area contributed by atoms with Crippen LogP contribution in [0.3, 0.4) is 0 Å². The molecule has 0 saturated heterocycles. The molecular weight excluding hydrogens is 424 g/mol. The second kappa shape index (κ2) is 7.99. The lowest BCUT2D eigenvalue weighted by atomic mass is 9.81. The minimum atomic E-state index is -3.74. The minimum Gasteiger partial charge on any atom is -0.329 e. The van der Waals surface area contributed by atoms with Crippen LogP contribution in [0.25, 0.3) is 22.1 Å². The Balaban J connectivity index is 1.60. The zero-order valence-electron chi connectivity index (χ0n) is 18.1. The molecule has 0 spiro atoms. The molecule has 0 aliphatic heterocycles. The maximum atomic E-state index is 13.2. The van der Waals surface area contributed by atoms with Crippen molar-refractivity contribution < 1.29 is 8.42 Å². The standard InChI is InChI=1S/C23H28N6O2S/c1-15-27-21-14-26-23-19(11-12-28(23)32(30,31)18-5-3-2-4-6-18)22(21)29(15)17-9-7-16(8-10-17)20(25)13-24/h2-6,11-12,14,16-17,20H,7-10,13,24-25H2,1H3. The highest BCUT2D eigenvalue weighted by Gasteiger charge is 2.29. The average Bonchev–Trinajstić information content (AvgIpc) is 3.40. The summed E-state index contributed by atoms with van der Waals surface area (Å²) in [4.78, 5) is 9.45. The quantitative estimate of drug-likeness (QED) is 0.480. The Hall–Kier alpha value is -2.75. The molecule has 4 aromatic rings. The Bertz CT molecular complexity index is 1370. The van der Waals surface area contributed by atoms with Crippen molar-refractivity contribution in [3.63, 3.8) is 0 Å². The molecule has 4 N–H and O–H groups in total. The van der Waals surface area contributed by atoms with E-state index in [0.29, 0.717) is 24.2 Å². The van der Waals surface area contributed by atoms with Crippen LogP contribution < -0.4 is 11.5 Å². The van der Waals surface area contributed by atoms with E-state index in [9.17, 15) is 8.42 Å². The Morgan fingerprint density at radius 2 is 1.84 bits per heavy atom. The molecule has 0 bridgehead atoms. The summed E-state index contributed by atoms with van der Waals surface area (Å²) < 4.78 is 30.0. The fourth-order valence-corrected chi connectivity index (χ4v) is 6.41. The molecule has 0 radical (unpaired) electrons. The van der Waals surface area contributed by atoms with Crippen LogP contribution in [0.1, 0.15) is 37.5 Å². The van der Waals surface area contributed by atoms with Crippen molar-refractivity contribution in [2.75, 3.05) is 6.54 Å². The number of nitrogens with two attached hydrogens (primary N) is 2. The molecule has 1 aromatic carbocycles. The number of pyridine rings is 1. The Kier molecular flexibility index (Phi) is 5.27. The molecule has 1 aliphatic rings. The molecular formula is C23H28N6O2S. The van der Waals surface area contributed by atoms with Gasteiger partial charge in [0.15, 0.2) is 5.65 Å². The summed E-state index contributed by atoms with van der Waals surface area (Å²) >= 11 is 0. The largest absolute Gasteiger partial charge is 0.329 e. The lowest BCUT2D eigenvalue weighted by molar-refractivity contribution is 0.247. The highest BCUT2D eigenvalue weighted by molar-refractivity contribution is 7.90. The fourth-order valence-electron chi connectivity index (χ4n) is 5.09. The summed E-state index contributed by atoms with van der Waals surface area (Å²) in [5.41, 5.74) is 14.1. The number of benzene rings is 1. The number of nitrogens with zero attached hydrogens (tertiary/aromatic N) is 4. The number of fused-ring (bicyclic) bond motifs is 3. The van der Waals surface area contributed by atoms with Crippen molar-refractivity contribution in [2.24, 2.45) is 17.4 Å². The molecule has 32 heavy (non-hydrogen) atoms. The van der Waals surface area contributed by atoms with Crippen LogP contribution in [0.5, 0.6) is 0 Å². The van der Waals surface area contributed by atoms with Gasteiger partial charge >= 0.3 is 0 Å². The van der Waals surface area contributed by atoms with Crippen molar-refractivity contribution >= 4 is 32.1 Å². The van der Waals surface area contributed by atoms with E-state index in [2.05, 4.69) is 9.55 Å². The van der Waals surface area contributed by atoms with Gasteiger partial charge < -0.3 is 16.0 Å². The summed E-state index contributed by atoms with van der Waals surface area (Å²) in [6.07, 6.45) is 7.31. The zero-order valence-corrected chi connectivity index (χ0v) is 18.9. The van der Waals surface area contributed by atoms with Gasteiger partial charge in [-0.1, -0.05) is 18.2 Å². The molecule has 9 heteroatoms. The molecule has 1 aliphatic carbocycles. The van der Waals surface area contributed by atoms with E-state index in [1.165, 1.54) is 3.97 Å². The maximum Gasteiger partial charge on any atom is 0.269 e. The third-order valence-corrected chi connectivity index (χ3v) is 8.47. The third-order valence-electron chi connectivity index (χ3n) is 6.79. The summed E-state index contributed by atoms with van der Waals surface area (Å²) in [5, 5.41) is 0.795. The van der Waals surface area contributed by atoms with E-state index >= 15 is 0 Å². The monoisotopic (exact) mass is 452 g/mol. The van der Waals surface area contributed by atoms with Gasteiger partial charge in [-0.05, 0) is 56.7 Å². The predicted molar refractivity (Wildman–Crippen MR) is 125 cm³/mol. The molecule has 1 fully saturated rings. The first kappa shape index (κ1) is 21.1. The molecule has 5 rings (SSSR count). The van der Waals surface area contributed by atoms with Crippen molar-refractivity contribution in [1.29, 1.82) is 0 Å². The molecule has 1 saturated carbocycles. The van der Waals surface area contributed by atoms with Gasteiger partial charge in [-0.2, -0.15) is 0 Å². The minimum absolute atomic E-state index is 0.0460. The van der Waals surface area contributed by atoms with E-state index in [0.717, 1.165) is 47.9 Å². The molecule has 0 amide bonds. The molecule has 1 atom stereocenters. The molecule has 168 valence electrons. The van der Waals surface area contributed by atoms with E-state index in [-0.39, 0.29) is 10.9 Å². The average molecular weight is 453 g/mol. The van der Waals surface area contributed by atoms with Gasteiger partial charge in [0.2, 0.25) is 0 Å². The molecule has 8 nitrogen and oxygen atoms in total. The zero-order chi connectivity index (χ0) is 22.5. The molecule has 3 aromatic heterocycles. The van der Waals surface area contributed by atoms with Crippen molar-refractivity contribution in [3.8, 4) is 0 Å². The second-order valence-corrected chi connectivity index (χ2v) is 10.5. The number of hydrogen-bond donors (Lipinski definition) is 2. The summed E-state index contributed by atoms with van der Waals surface area (Å²) in [6.45, 7) is 2.51. The first-order chi connectivity index (χ1) is 15.4. The van der Waals surface area contributed by atoms with Crippen molar-refractivity contribution in [1.82, 2.24) is 18.5 Å². The van der Waals surface area contributed by atoms with Crippen LogP contribution in [0, 0.1) is 12.8 Å². The lowest BCUT2D eigenvalue weighted by Gasteiger charge is -2.33. The van der Waals surface area contributed by atoms with Crippen LogP contribution >= 0.6 is 0 Å². The van der Waals surface area contributed by atoms with E-state index in [4.69, 9.17) is 16.5 Å². The van der Waals surface area contributed by atoms with Gasteiger partial charge in [0.1, 0.15) is 11.3 Å². The van der Waals surface area contributed by atoms with Crippen molar-refractivity contribution in [2.45, 2.75) is 49.6 Å². The summed E-state index contributed by atoms with van der Waals surface area (Å²) in [6, 6.07) is 10.6. The van der Waals surface area contributed by atoms with Crippen LogP contribution in [-0.4, -0.2) is 39.5 Å². The summed E-state index contributed by atoms with van der Waals surface area (Å²) in [7, 11) is -3.74. The number of imidazole rings is 1. The topological polar surface area (TPSA) is 122 Å². The Morgan fingerprint density at radius 1 is 1.12 bits per heavy atom. The number of aryl methyl sites for hydroxylation is 1. The van der Waals surface area contributed by atoms with E-state index in [1.807, 2.05) is 13.0 Å². The maximum absolute atomic E-state index is 13.2. The third kappa shape index (κ3) is 3.32. The van der Waals surface area contributed by atoms with Crippen molar-refractivity contribution in [3.05, 3.63) is 54.6 Å². The van der Waals surface area contributed by atoms with Gasteiger partial charge in [-0.15, -0.1) is 0 Å². The smallest absolute Gasteiger partial charge is 0.269 e. The molecule has 3 heterocycles. The van der Waals surface area contributed by atoms with Gasteiger partial charge in [-0.25, -0.2) is 22.4 Å². The highest BCUT2D eigenvalue weighted by Crippen LogP contribution is 2.38. The van der Waals surface area contributed by atoms with Gasteiger partial charge in [-0.3, -0.25) is 0 Å². The van der Waals surface area contributed by atoms with Gasteiger partial charge in [0.05, 0.1) is 16.6 Å². The van der Waals surface area contributed by atoms with E-state index < -0.39 is 10.0 Å². The lowest BCUT2D eigenvalue weighted by Crippen LogP contribution is -2.39. The van der Waals surface area contributed by atoms with Crippen LogP contribution in [-0.2, 0) is 10.0 Å². The number of hydrogen-bond acceptors (Lipinski definition) is 6. The van der Waals surface area contributed by atoms with E-state index in [1.54, 1.807) is 42.7 Å². The number of aromatic nitrogens is 4. The molecule has 1 unspecified atom stereocenters. The first-order valence-corrected chi connectivity index (χ1v) is 12.5. The summed E-state index contributed by atoms with van der Waals surface area (Å²) in [5.74, 6) is 1.37. The Morgan fingerprint density at radius 3 is 2.53 bits per heavy atom.